The van der Waals surface area contributed by atoms with Crippen molar-refractivity contribution < 1.29 is 13.2 Å². The average Bonchev–Trinajstić information content (AvgIpc) is 2.36. The highest BCUT2D eigenvalue weighted by molar-refractivity contribution is 7.90. The molecule has 0 spiro atoms. The minimum absolute atomic E-state index is 0.128. The van der Waals surface area contributed by atoms with Gasteiger partial charge < -0.3 is 10.1 Å². The third kappa shape index (κ3) is 5.61. The van der Waals surface area contributed by atoms with Gasteiger partial charge in [0.05, 0.1) is 7.11 Å². The van der Waals surface area contributed by atoms with Crippen molar-refractivity contribution in [1.82, 2.24) is 5.32 Å². The molecule has 1 N–H and O–H groups in total. The van der Waals surface area contributed by atoms with Crippen LogP contribution in [0.3, 0.4) is 0 Å². The number of benzene rings is 1. The van der Waals surface area contributed by atoms with Gasteiger partial charge in [-0.15, -0.1) is 0 Å². The molecule has 0 saturated heterocycles. The lowest BCUT2D eigenvalue weighted by atomic mass is 10.0. The fourth-order valence-electron chi connectivity index (χ4n) is 2.12. The largest absolute Gasteiger partial charge is 0.496 e. The lowest BCUT2D eigenvalue weighted by Crippen LogP contribution is -2.22. The van der Waals surface area contributed by atoms with Crippen molar-refractivity contribution in [2.45, 2.75) is 25.8 Å². The van der Waals surface area contributed by atoms with Gasteiger partial charge in [-0.1, -0.05) is 25.1 Å². The smallest absolute Gasteiger partial charge is 0.147 e. The minimum Gasteiger partial charge on any atom is -0.496 e. The molecule has 0 aromatic heterocycles. The summed E-state index contributed by atoms with van der Waals surface area (Å²) >= 11 is 0. The van der Waals surface area contributed by atoms with E-state index in [1.54, 1.807) is 7.11 Å². The molecule has 1 unspecified atom stereocenters. The van der Waals surface area contributed by atoms with Gasteiger partial charge in [0, 0.05) is 23.6 Å². The summed E-state index contributed by atoms with van der Waals surface area (Å²) < 4.78 is 27.7. The van der Waals surface area contributed by atoms with Crippen LogP contribution in [0.5, 0.6) is 5.75 Å². The molecule has 0 aliphatic carbocycles. The van der Waals surface area contributed by atoms with E-state index in [0.29, 0.717) is 6.42 Å². The van der Waals surface area contributed by atoms with Crippen LogP contribution >= 0.6 is 0 Å². The number of hydrogen-bond acceptors (Lipinski definition) is 4. The van der Waals surface area contributed by atoms with Crippen LogP contribution in [0.1, 0.15) is 31.4 Å². The second kappa shape index (κ2) is 7.50. The third-order valence-corrected chi connectivity index (χ3v) is 4.00. The van der Waals surface area contributed by atoms with Crippen molar-refractivity contribution in [3.8, 4) is 5.75 Å². The van der Waals surface area contributed by atoms with Crippen molar-refractivity contribution >= 4 is 9.84 Å². The second-order valence-corrected chi connectivity index (χ2v) is 6.88. The summed E-state index contributed by atoms with van der Waals surface area (Å²) in [5, 5.41) is 3.39. The van der Waals surface area contributed by atoms with Gasteiger partial charge in [0.1, 0.15) is 15.6 Å². The summed E-state index contributed by atoms with van der Waals surface area (Å²) in [5.41, 5.74) is 1.08. The van der Waals surface area contributed by atoms with Gasteiger partial charge in [-0.25, -0.2) is 8.42 Å². The molecule has 0 aliphatic rings. The zero-order chi connectivity index (χ0) is 14.3. The highest BCUT2D eigenvalue weighted by Crippen LogP contribution is 2.27. The molecule has 0 bridgehead atoms. The zero-order valence-corrected chi connectivity index (χ0v) is 12.7. The number of para-hydroxylation sites is 1. The monoisotopic (exact) mass is 285 g/mol. The van der Waals surface area contributed by atoms with E-state index >= 15 is 0 Å². The van der Waals surface area contributed by atoms with Crippen molar-refractivity contribution in [3.05, 3.63) is 29.8 Å². The van der Waals surface area contributed by atoms with E-state index in [1.807, 2.05) is 31.2 Å². The van der Waals surface area contributed by atoms with E-state index in [0.717, 1.165) is 24.3 Å². The molecule has 5 heteroatoms. The molecule has 0 heterocycles. The maximum Gasteiger partial charge on any atom is 0.147 e. The summed E-state index contributed by atoms with van der Waals surface area (Å²) in [6, 6.07) is 7.98. The van der Waals surface area contributed by atoms with Crippen LogP contribution < -0.4 is 10.1 Å². The van der Waals surface area contributed by atoms with Gasteiger partial charge in [0.15, 0.2) is 0 Å². The Morgan fingerprint density at radius 2 is 2.00 bits per heavy atom. The fourth-order valence-corrected chi connectivity index (χ4v) is 2.81. The summed E-state index contributed by atoms with van der Waals surface area (Å²) in [6.45, 7) is 2.88. The van der Waals surface area contributed by atoms with Gasteiger partial charge in [0.2, 0.25) is 0 Å². The number of methoxy groups -OCH3 is 1. The van der Waals surface area contributed by atoms with E-state index in [2.05, 4.69) is 5.32 Å². The van der Waals surface area contributed by atoms with Crippen LogP contribution in [0, 0.1) is 0 Å². The van der Waals surface area contributed by atoms with Gasteiger partial charge in [-0.05, 0) is 25.5 Å². The second-order valence-electron chi connectivity index (χ2n) is 4.62. The minimum atomic E-state index is -2.89. The van der Waals surface area contributed by atoms with Crippen molar-refractivity contribution in [3.63, 3.8) is 0 Å². The van der Waals surface area contributed by atoms with Crippen LogP contribution in [0.2, 0.25) is 0 Å². The first-order chi connectivity index (χ1) is 8.98. The number of ether oxygens (including phenoxy) is 1. The van der Waals surface area contributed by atoms with E-state index < -0.39 is 9.84 Å². The van der Waals surface area contributed by atoms with E-state index in [4.69, 9.17) is 4.74 Å². The van der Waals surface area contributed by atoms with Crippen LogP contribution in [-0.2, 0) is 9.84 Å². The lowest BCUT2D eigenvalue weighted by Gasteiger charge is -2.20. The molecule has 0 fully saturated rings. The standard InChI is InChI=1S/C14H23NO3S/c1-4-15-13(9-7-11-19(3,16)17)12-8-5-6-10-14(12)18-2/h5-6,8,10,13,15H,4,7,9,11H2,1-3H3. The summed E-state index contributed by atoms with van der Waals surface area (Å²) in [7, 11) is -1.24. The highest BCUT2D eigenvalue weighted by Gasteiger charge is 2.15. The predicted octanol–water partition coefficient (Wildman–Crippen LogP) is 2.17. The van der Waals surface area contributed by atoms with Gasteiger partial charge >= 0.3 is 0 Å². The summed E-state index contributed by atoms with van der Waals surface area (Å²) in [6.07, 6.45) is 2.70. The van der Waals surface area contributed by atoms with Crippen LogP contribution in [-0.4, -0.2) is 34.1 Å². The maximum atomic E-state index is 11.2. The number of nitrogens with one attached hydrogen (secondary N) is 1. The van der Waals surface area contributed by atoms with Crippen molar-refractivity contribution in [1.29, 1.82) is 0 Å². The molecule has 0 radical (unpaired) electrons. The maximum absolute atomic E-state index is 11.2. The van der Waals surface area contributed by atoms with E-state index in [1.165, 1.54) is 6.26 Å². The van der Waals surface area contributed by atoms with Gasteiger partial charge in [-0.3, -0.25) is 0 Å². The Balaban J connectivity index is 2.76. The Morgan fingerprint density at radius 1 is 1.32 bits per heavy atom. The molecule has 4 nitrogen and oxygen atoms in total. The third-order valence-electron chi connectivity index (χ3n) is 2.97. The van der Waals surface area contributed by atoms with Crippen molar-refractivity contribution in [2.24, 2.45) is 0 Å². The number of hydrogen-bond donors (Lipinski definition) is 1. The molecule has 0 saturated carbocycles. The van der Waals surface area contributed by atoms with Crippen LogP contribution in [0.25, 0.3) is 0 Å². The first kappa shape index (κ1) is 16.0. The molecule has 0 amide bonds. The fraction of sp³-hybridized carbons (Fsp3) is 0.571. The molecular weight excluding hydrogens is 262 g/mol. The molecule has 1 aromatic carbocycles. The molecular formula is C14H23NO3S. The van der Waals surface area contributed by atoms with E-state index in [9.17, 15) is 8.42 Å². The SMILES string of the molecule is CCNC(CCCS(C)(=O)=O)c1ccccc1OC. The lowest BCUT2D eigenvalue weighted by molar-refractivity contribution is 0.395. The predicted molar refractivity (Wildman–Crippen MR) is 78.4 cm³/mol. The first-order valence-corrected chi connectivity index (χ1v) is 8.58. The molecule has 1 atom stereocenters. The van der Waals surface area contributed by atoms with Crippen molar-refractivity contribution in [2.75, 3.05) is 25.7 Å². The molecule has 0 aliphatic heterocycles. The number of sulfone groups is 1. The first-order valence-electron chi connectivity index (χ1n) is 6.52. The Kier molecular flexibility index (Phi) is 6.31. The van der Waals surface area contributed by atoms with Gasteiger partial charge in [0.25, 0.3) is 0 Å². The molecule has 108 valence electrons. The highest BCUT2D eigenvalue weighted by atomic mass is 32.2. The molecule has 1 aromatic rings. The number of rotatable bonds is 8. The van der Waals surface area contributed by atoms with Crippen LogP contribution in [0.4, 0.5) is 0 Å². The molecule has 19 heavy (non-hydrogen) atoms. The quantitative estimate of drug-likeness (QED) is 0.795. The van der Waals surface area contributed by atoms with Crippen LogP contribution in [0.15, 0.2) is 24.3 Å². The zero-order valence-electron chi connectivity index (χ0n) is 11.8. The summed E-state index contributed by atoms with van der Waals surface area (Å²) in [4.78, 5) is 0. The normalized spacial score (nSPS) is 13.2. The average molecular weight is 285 g/mol. The Bertz CT molecular complexity index is 485. The van der Waals surface area contributed by atoms with E-state index in [-0.39, 0.29) is 11.8 Å². The Hall–Kier alpha value is -1.07. The molecule has 1 rings (SSSR count). The topological polar surface area (TPSA) is 55.4 Å². The Morgan fingerprint density at radius 3 is 2.58 bits per heavy atom. The summed E-state index contributed by atoms with van der Waals surface area (Å²) in [5.74, 6) is 1.07. The Labute approximate surface area is 116 Å². The van der Waals surface area contributed by atoms with Gasteiger partial charge in [-0.2, -0.15) is 0 Å².